The third-order valence-corrected chi connectivity index (χ3v) is 2.91. The third-order valence-electron chi connectivity index (χ3n) is 2.00. The van der Waals surface area contributed by atoms with Gasteiger partial charge in [-0.2, -0.15) is 0 Å². The number of nitrogens with zero attached hydrogens (tertiary/aromatic N) is 1. The van der Waals surface area contributed by atoms with E-state index in [9.17, 15) is 4.79 Å². The molecule has 6 heteroatoms. The van der Waals surface area contributed by atoms with Crippen LogP contribution in [0.15, 0.2) is 17.2 Å². The molecule has 0 atom stereocenters. The number of ether oxygens (including phenoxy) is 1. The summed E-state index contributed by atoms with van der Waals surface area (Å²) in [5, 5.41) is 3.79. The summed E-state index contributed by atoms with van der Waals surface area (Å²) in [5.74, 6) is -0.154. The van der Waals surface area contributed by atoms with E-state index in [1.165, 1.54) is 11.8 Å². The van der Waals surface area contributed by atoms with Crippen LogP contribution in [0.2, 0.25) is 5.15 Å². The molecule has 1 rings (SSSR count). The summed E-state index contributed by atoms with van der Waals surface area (Å²) in [6.45, 7) is 3.56. The minimum Gasteiger partial charge on any atom is -0.380 e. The second kappa shape index (κ2) is 7.53. The number of carbonyl (C=O) groups is 1. The first-order valence-corrected chi connectivity index (χ1v) is 6.85. The summed E-state index contributed by atoms with van der Waals surface area (Å²) in [7, 11) is 0. The molecule has 0 aliphatic carbocycles. The lowest BCUT2D eigenvalue weighted by Crippen LogP contribution is -2.27. The zero-order chi connectivity index (χ0) is 12.7. The first-order chi connectivity index (χ1) is 8.19. The molecule has 0 radical (unpaired) electrons. The number of nitrogens with one attached hydrogen (secondary N) is 1. The van der Waals surface area contributed by atoms with Gasteiger partial charge < -0.3 is 10.1 Å². The largest absolute Gasteiger partial charge is 0.380 e. The fourth-order valence-electron chi connectivity index (χ4n) is 1.22. The Balaban J connectivity index is 2.62. The quantitative estimate of drug-likeness (QED) is 0.491. The highest BCUT2D eigenvalue weighted by atomic mass is 35.5. The molecule has 0 spiro atoms. The Bertz CT molecular complexity index is 388. The van der Waals surface area contributed by atoms with Crippen molar-refractivity contribution in [1.29, 1.82) is 0 Å². The fraction of sp³-hybridized carbons (Fsp3) is 0.455. The molecule has 0 aliphatic rings. The van der Waals surface area contributed by atoms with Crippen LogP contribution in [0.1, 0.15) is 17.3 Å². The first-order valence-electron chi connectivity index (χ1n) is 5.25. The molecule has 1 N–H and O–H groups in total. The van der Waals surface area contributed by atoms with Gasteiger partial charge >= 0.3 is 0 Å². The molecule has 1 aromatic heterocycles. The molecule has 0 fully saturated rings. The number of pyridine rings is 1. The molecule has 1 aromatic rings. The smallest absolute Gasteiger partial charge is 0.254 e. The zero-order valence-electron chi connectivity index (χ0n) is 9.83. The Morgan fingerprint density at radius 2 is 2.35 bits per heavy atom. The van der Waals surface area contributed by atoms with Crippen LogP contribution in [-0.4, -0.2) is 36.9 Å². The predicted octanol–water partition coefficient (Wildman–Crippen LogP) is 2.22. The SMILES string of the molecule is CCOCCNC(=O)c1ccc(Cl)nc1SC. The summed E-state index contributed by atoms with van der Waals surface area (Å²) in [6.07, 6.45) is 1.86. The van der Waals surface area contributed by atoms with E-state index in [-0.39, 0.29) is 5.91 Å². The molecular weight excluding hydrogens is 260 g/mol. The van der Waals surface area contributed by atoms with Crippen molar-refractivity contribution >= 4 is 29.3 Å². The zero-order valence-corrected chi connectivity index (χ0v) is 11.4. The van der Waals surface area contributed by atoms with Gasteiger partial charge in [0, 0.05) is 13.2 Å². The van der Waals surface area contributed by atoms with E-state index in [0.717, 1.165) is 0 Å². The Hall–Kier alpha value is -0.780. The van der Waals surface area contributed by atoms with Gasteiger partial charge in [-0.25, -0.2) is 4.98 Å². The number of rotatable bonds is 6. The summed E-state index contributed by atoms with van der Waals surface area (Å²) in [5.41, 5.74) is 0.540. The number of amides is 1. The summed E-state index contributed by atoms with van der Waals surface area (Å²) in [4.78, 5) is 15.9. The maximum absolute atomic E-state index is 11.8. The van der Waals surface area contributed by atoms with E-state index < -0.39 is 0 Å². The highest BCUT2D eigenvalue weighted by molar-refractivity contribution is 7.98. The molecule has 94 valence electrons. The van der Waals surface area contributed by atoms with E-state index in [1.807, 2.05) is 13.2 Å². The van der Waals surface area contributed by atoms with E-state index in [2.05, 4.69) is 10.3 Å². The predicted molar refractivity (Wildman–Crippen MR) is 69.9 cm³/mol. The van der Waals surface area contributed by atoms with Crippen LogP contribution in [0, 0.1) is 0 Å². The number of thioether (sulfide) groups is 1. The van der Waals surface area contributed by atoms with Crippen molar-refractivity contribution in [2.24, 2.45) is 0 Å². The lowest BCUT2D eigenvalue weighted by Gasteiger charge is -2.08. The van der Waals surface area contributed by atoms with Gasteiger partial charge in [0.1, 0.15) is 10.2 Å². The standard InChI is InChI=1S/C11H15ClN2O2S/c1-3-16-7-6-13-10(15)8-4-5-9(12)14-11(8)17-2/h4-5H,3,6-7H2,1-2H3,(H,13,15). The summed E-state index contributed by atoms with van der Waals surface area (Å²) < 4.78 is 5.14. The highest BCUT2D eigenvalue weighted by Gasteiger charge is 2.12. The topological polar surface area (TPSA) is 51.2 Å². The van der Waals surface area contributed by atoms with Crippen molar-refractivity contribution in [3.05, 3.63) is 22.8 Å². The van der Waals surface area contributed by atoms with Crippen LogP contribution in [0.4, 0.5) is 0 Å². The molecule has 17 heavy (non-hydrogen) atoms. The monoisotopic (exact) mass is 274 g/mol. The summed E-state index contributed by atoms with van der Waals surface area (Å²) in [6, 6.07) is 3.29. The van der Waals surface area contributed by atoms with Gasteiger partial charge in [0.05, 0.1) is 12.2 Å². The van der Waals surface area contributed by atoms with Crippen LogP contribution < -0.4 is 5.32 Å². The normalized spacial score (nSPS) is 10.3. The van der Waals surface area contributed by atoms with Gasteiger partial charge in [0.15, 0.2) is 0 Å². The number of aromatic nitrogens is 1. The Morgan fingerprint density at radius 3 is 3.00 bits per heavy atom. The van der Waals surface area contributed by atoms with Crippen molar-refractivity contribution in [1.82, 2.24) is 10.3 Å². The molecule has 0 aliphatic heterocycles. The Labute approximate surface area is 110 Å². The van der Waals surface area contributed by atoms with Gasteiger partial charge in [-0.1, -0.05) is 11.6 Å². The van der Waals surface area contributed by atoms with Crippen LogP contribution >= 0.6 is 23.4 Å². The molecule has 0 aromatic carbocycles. The van der Waals surface area contributed by atoms with Crippen molar-refractivity contribution in [2.45, 2.75) is 11.9 Å². The fourth-order valence-corrected chi connectivity index (χ4v) is 1.99. The number of carbonyl (C=O) groups excluding carboxylic acids is 1. The lowest BCUT2D eigenvalue weighted by molar-refractivity contribution is 0.0919. The summed E-state index contributed by atoms with van der Waals surface area (Å²) >= 11 is 7.16. The van der Waals surface area contributed by atoms with Gasteiger partial charge in [-0.3, -0.25) is 4.79 Å². The van der Waals surface area contributed by atoms with Gasteiger partial charge in [-0.05, 0) is 25.3 Å². The van der Waals surface area contributed by atoms with Crippen LogP contribution in [0.25, 0.3) is 0 Å². The number of halogens is 1. The van der Waals surface area contributed by atoms with Crippen molar-refractivity contribution in [3.63, 3.8) is 0 Å². The molecule has 0 saturated carbocycles. The second-order valence-corrected chi connectivity index (χ2v) is 4.33. The first kappa shape index (κ1) is 14.3. The van der Waals surface area contributed by atoms with Gasteiger partial charge in [0.2, 0.25) is 0 Å². The molecule has 0 saturated heterocycles. The molecule has 0 bridgehead atoms. The molecular formula is C11H15ClN2O2S. The second-order valence-electron chi connectivity index (χ2n) is 3.14. The number of hydrogen-bond donors (Lipinski definition) is 1. The van der Waals surface area contributed by atoms with E-state index in [1.54, 1.807) is 12.1 Å². The van der Waals surface area contributed by atoms with Crippen molar-refractivity contribution in [2.75, 3.05) is 26.0 Å². The van der Waals surface area contributed by atoms with Crippen LogP contribution in [0.5, 0.6) is 0 Å². The Morgan fingerprint density at radius 1 is 1.59 bits per heavy atom. The number of hydrogen-bond acceptors (Lipinski definition) is 4. The van der Waals surface area contributed by atoms with Crippen molar-refractivity contribution in [3.8, 4) is 0 Å². The Kier molecular flexibility index (Phi) is 6.32. The molecule has 0 unspecified atom stereocenters. The maximum atomic E-state index is 11.8. The molecule has 1 amide bonds. The minimum atomic E-state index is -0.154. The lowest BCUT2D eigenvalue weighted by atomic mass is 10.2. The van der Waals surface area contributed by atoms with Gasteiger partial charge in [-0.15, -0.1) is 11.8 Å². The maximum Gasteiger partial charge on any atom is 0.254 e. The average molecular weight is 275 g/mol. The van der Waals surface area contributed by atoms with Crippen LogP contribution in [-0.2, 0) is 4.74 Å². The minimum absolute atomic E-state index is 0.154. The molecule has 4 nitrogen and oxygen atoms in total. The van der Waals surface area contributed by atoms with Crippen LogP contribution in [0.3, 0.4) is 0 Å². The van der Waals surface area contributed by atoms with Gasteiger partial charge in [0.25, 0.3) is 5.91 Å². The van der Waals surface area contributed by atoms with E-state index in [0.29, 0.717) is 35.5 Å². The third kappa shape index (κ3) is 4.53. The van der Waals surface area contributed by atoms with E-state index >= 15 is 0 Å². The average Bonchev–Trinajstić information content (AvgIpc) is 2.34. The van der Waals surface area contributed by atoms with E-state index in [4.69, 9.17) is 16.3 Å². The molecule has 1 heterocycles. The highest BCUT2D eigenvalue weighted by Crippen LogP contribution is 2.20. The van der Waals surface area contributed by atoms with Crippen molar-refractivity contribution < 1.29 is 9.53 Å².